The van der Waals surface area contributed by atoms with Crippen molar-refractivity contribution in [3.63, 3.8) is 0 Å². The van der Waals surface area contributed by atoms with E-state index in [2.05, 4.69) is 44.3 Å². The Hall–Kier alpha value is -0.870. The lowest BCUT2D eigenvalue weighted by molar-refractivity contribution is -0.124. The number of rotatable bonds is 4. The molecule has 3 nitrogen and oxygen atoms in total. The van der Waals surface area contributed by atoms with Crippen molar-refractivity contribution in [1.29, 1.82) is 0 Å². The highest BCUT2D eigenvalue weighted by Crippen LogP contribution is 2.24. The molecule has 1 saturated carbocycles. The van der Waals surface area contributed by atoms with Gasteiger partial charge in [0.2, 0.25) is 5.91 Å². The summed E-state index contributed by atoms with van der Waals surface area (Å²) in [5, 5.41) is 3.12. The van der Waals surface area contributed by atoms with E-state index in [1.54, 1.807) is 0 Å². The Kier molecular flexibility index (Phi) is 3.89. The molecule has 1 aromatic rings. The molecule has 0 spiro atoms. The van der Waals surface area contributed by atoms with E-state index in [1.807, 2.05) is 6.07 Å². The molecule has 0 radical (unpaired) electrons. The number of benzene rings is 1. The number of carbonyl (C=O) groups is 1. The first kappa shape index (κ1) is 13.1. The van der Waals surface area contributed by atoms with Crippen molar-refractivity contribution in [3.8, 4) is 0 Å². The summed E-state index contributed by atoms with van der Waals surface area (Å²) in [6.07, 6.45) is 3.32. The Labute approximate surface area is 122 Å². The minimum absolute atomic E-state index is 0.183. The van der Waals surface area contributed by atoms with Gasteiger partial charge in [0.05, 0.1) is 5.92 Å². The molecule has 1 saturated heterocycles. The van der Waals surface area contributed by atoms with Gasteiger partial charge < -0.3 is 5.32 Å². The number of hydrogen-bond donors (Lipinski definition) is 1. The quantitative estimate of drug-likeness (QED) is 0.924. The predicted octanol–water partition coefficient (Wildman–Crippen LogP) is 2.55. The highest BCUT2D eigenvalue weighted by Gasteiger charge is 2.32. The Bertz CT molecular complexity index is 473. The van der Waals surface area contributed by atoms with Crippen molar-refractivity contribution in [2.45, 2.75) is 31.8 Å². The number of hydrogen-bond acceptors (Lipinski definition) is 2. The molecule has 2 aliphatic rings. The zero-order chi connectivity index (χ0) is 13.2. The molecule has 1 aromatic carbocycles. The number of amides is 1. The summed E-state index contributed by atoms with van der Waals surface area (Å²) < 4.78 is 1.15. The molecule has 1 aliphatic heterocycles. The third kappa shape index (κ3) is 3.37. The fourth-order valence-corrected chi connectivity index (χ4v) is 3.01. The van der Waals surface area contributed by atoms with Gasteiger partial charge in [-0.3, -0.25) is 9.69 Å². The van der Waals surface area contributed by atoms with Crippen molar-refractivity contribution >= 4 is 21.8 Å². The molecule has 102 valence electrons. The average molecular weight is 323 g/mol. The van der Waals surface area contributed by atoms with E-state index in [0.29, 0.717) is 6.04 Å². The maximum atomic E-state index is 12.0. The number of halogens is 1. The maximum absolute atomic E-state index is 12.0. The minimum Gasteiger partial charge on any atom is -0.353 e. The van der Waals surface area contributed by atoms with Crippen LogP contribution in [0.15, 0.2) is 28.7 Å². The second kappa shape index (κ2) is 5.63. The highest BCUT2D eigenvalue weighted by atomic mass is 79.9. The van der Waals surface area contributed by atoms with Gasteiger partial charge in [-0.25, -0.2) is 0 Å². The van der Waals surface area contributed by atoms with Crippen LogP contribution in [0.3, 0.4) is 0 Å². The first-order chi connectivity index (χ1) is 9.22. The van der Waals surface area contributed by atoms with E-state index in [-0.39, 0.29) is 11.8 Å². The molecular weight excluding hydrogens is 304 g/mol. The Morgan fingerprint density at radius 3 is 2.84 bits per heavy atom. The van der Waals surface area contributed by atoms with Gasteiger partial charge in [0.25, 0.3) is 0 Å². The lowest BCUT2D eigenvalue weighted by Gasteiger charge is -2.17. The van der Waals surface area contributed by atoms with Crippen LogP contribution in [0.4, 0.5) is 0 Å². The summed E-state index contributed by atoms with van der Waals surface area (Å²) in [7, 11) is 0. The largest absolute Gasteiger partial charge is 0.353 e. The molecule has 1 aliphatic carbocycles. The summed E-state index contributed by atoms with van der Waals surface area (Å²) in [5.41, 5.74) is 1.30. The number of likely N-dealkylation sites (tertiary alicyclic amines) is 1. The van der Waals surface area contributed by atoms with Gasteiger partial charge >= 0.3 is 0 Å². The second-order valence-electron chi connectivity index (χ2n) is 5.59. The summed E-state index contributed by atoms with van der Waals surface area (Å²) >= 11 is 3.58. The van der Waals surface area contributed by atoms with E-state index in [1.165, 1.54) is 18.4 Å². The van der Waals surface area contributed by atoms with Crippen LogP contribution >= 0.6 is 15.9 Å². The van der Waals surface area contributed by atoms with Crippen molar-refractivity contribution in [2.24, 2.45) is 5.92 Å². The summed E-state index contributed by atoms with van der Waals surface area (Å²) in [6.45, 7) is 2.83. The monoisotopic (exact) mass is 322 g/mol. The smallest absolute Gasteiger partial charge is 0.224 e. The SMILES string of the molecule is O=C(NC1CC1)C1CCN(Cc2ccccc2Br)C1. The molecule has 2 fully saturated rings. The van der Waals surface area contributed by atoms with E-state index in [0.717, 1.165) is 30.5 Å². The van der Waals surface area contributed by atoms with Crippen LogP contribution in [0.2, 0.25) is 0 Å². The molecule has 0 aromatic heterocycles. The van der Waals surface area contributed by atoms with Crippen molar-refractivity contribution in [2.75, 3.05) is 13.1 Å². The molecule has 4 heteroatoms. The maximum Gasteiger partial charge on any atom is 0.224 e. The normalized spacial score (nSPS) is 23.5. The van der Waals surface area contributed by atoms with Gasteiger partial charge in [-0.1, -0.05) is 34.1 Å². The van der Waals surface area contributed by atoms with Crippen molar-refractivity contribution < 1.29 is 4.79 Å². The highest BCUT2D eigenvalue weighted by molar-refractivity contribution is 9.10. The van der Waals surface area contributed by atoms with Crippen LogP contribution in [0.5, 0.6) is 0 Å². The lowest BCUT2D eigenvalue weighted by Crippen LogP contribution is -2.34. The van der Waals surface area contributed by atoms with Gasteiger partial charge in [0.1, 0.15) is 0 Å². The predicted molar refractivity (Wildman–Crippen MR) is 78.7 cm³/mol. The molecule has 0 bridgehead atoms. The molecule has 19 heavy (non-hydrogen) atoms. The average Bonchev–Trinajstić information content (AvgIpc) is 3.08. The summed E-state index contributed by atoms with van der Waals surface area (Å²) in [5.74, 6) is 0.445. The van der Waals surface area contributed by atoms with Gasteiger partial charge in [0.15, 0.2) is 0 Å². The van der Waals surface area contributed by atoms with Gasteiger partial charge in [0, 0.05) is 23.6 Å². The van der Waals surface area contributed by atoms with Crippen molar-refractivity contribution in [3.05, 3.63) is 34.3 Å². The zero-order valence-electron chi connectivity index (χ0n) is 10.9. The van der Waals surface area contributed by atoms with Crippen LogP contribution in [0, 0.1) is 5.92 Å². The second-order valence-corrected chi connectivity index (χ2v) is 6.45. The first-order valence-corrected chi connectivity index (χ1v) is 7.78. The van der Waals surface area contributed by atoms with Gasteiger partial charge in [-0.05, 0) is 37.4 Å². The minimum atomic E-state index is 0.183. The molecule has 1 heterocycles. The third-order valence-corrected chi connectivity index (χ3v) is 4.69. The molecule has 1 amide bonds. The van der Waals surface area contributed by atoms with Crippen LogP contribution in [0.25, 0.3) is 0 Å². The van der Waals surface area contributed by atoms with E-state index in [4.69, 9.17) is 0 Å². The summed E-state index contributed by atoms with van der Waals surface area (Å²) in [6, 6.07) is 8.78. The van der Waals surface area contributed by atoms with E-state index < -0.39 is 0 Å². The number of carbonyl (C=O) groups excluding carboxylic acids is 1. The molecule has 1 N–H and O–H groups in total. The fraction of sp³-hybridized carbons (Fsp3) is 0.533. The van der Waals surface area contributed by atoms with Crippen molar-refractivity contribution in [1.82, 2.24) is 10.2 Å². The van der Waals surface area contributed by atoms with E-state index in [9.17, 15) is 4.79 Å². The third-order valence-electron chi connectivity index (χ3n) is 3.92. The summed E-state index contributed by atoms with van der Waals surface area (Å²) in [4.78, 5) is 14.4. The van der Waals surface area contributed by atoms with Crippen LogP contribution in [-0.4, -0.2) is 29.9 Å². The molecule has 1 atom stereocenters. The Balaban J connectivity index is 1.54. The van der Waals surface area contributed by atoms with Gasteiger partial charge in [-0.2, -0.15) is 0 Å². The topological polar surface area (TPSA) is 32.3 Å². The lowest BCUT2D eigenvalue weighted by atomic mass is 10.1. The van der Waals surface area contributed by atoms with Crippen LogP contribution in [0.1, 0.15) is 24.8 Å². The Morgan fingerprint density at radius 1 is 1.32 bits per heavy atom. The van der Waals surface area contributed by atoms with Crippen LogP contribution in [-0.2, 0) is 11.3 Å². The Morgan fingerprint density at radius 2 is 2.11 bits per heavy atom. The first-order valence-electron chi connectivity index (χ1n) is 6.98. The molecule has 3 rings (SSSR count). The fourth-order valence-electron chi connectivity index (χ4n) is 2.60. The standard InChI is InChI=1S/C15H19BrN2O/c16-14-4-2-1-3-11(14)9-18-8-7-12(10-18)15(19)17-13-5-6-13/h1-4,12-13H,5-10H2,(H,17,19). The van der Waals surface area contributed by atoms with E-state index >= 15 is 0 Å². The zero-order valence-corrected chi connectivity index (χ0v) is 12.5. The molecule has 1 unspecified atom stereocenters. The molecular formula is C15H19BrN2O. The number of nitrogens with zero attached hydrogens (tertiary/aromatic N) is 1. The van der Waals surface area contributed by atoms with Crippen LogP contribution < -0.4 is 5.32 Å². The number of nitrogens with one attached hydrogen (secondary N) is 1. The van der Waals surface area contributed by atoms with Gasteiger partial charge in [-0.15, -0.1) is 0 Å².